The molecule has 2 heteroatoms. The van der Waals surface area contributed by atoms with Gasteiger partial charge in [-0.15, -0.1) is 0 Å². The van der Waals surface area contributed by atoms with Crippen molar-refractivity contribution >= 4 is 5.91 Å². The van der Waals surface area contributed by atoms with E-state index in [1.54, 1.807) is 0 Å². The van der Waals surface area contributed by atoms with Crippen molar-refractivity contribution in [3.63, 3.8) is 0 Å². The van der Waals surface area contributed by atoms with Crippen LogP contribution in [0.2, 0.25) is 0 Å². The van der Waals surface area contributed by atoms with Crippen LogP contribution >= 0.6 is 0 Å². The van der Waals surface area contributed by atoms with Gasteiger partial charge >= 0.3 is 0 Å². The molecule has 1 fully saturated rings. The van der Waals surface area contributed by atoms with E-state index < -0.39 is 0 Å². The summed E-state index contributed by atoms with van der Waals surface area (Å²) < 4.78 is 0. The van der Waals surface area contributed by atoms with E-state index in [1.807, 2.05) is 6.08 Å². The third-order valence-corrected chi connectivity index (χ3v) is 2.37. The van der Waals surface area contributed by atoms with Crippen molar-refractivity contribution in [2.24, 2.45) is 5.92 Å². The van der Waals surface area contributed by atoms with Crippen LogP contribution in [0.3, 0.4) is 0 Å². The van der Waals surface area contributed by atoms with Crippen LogP contribution in [0, 0.1) is 5.92 Å². The largest absolute Gasteiger partial charge is 0.350 e. The fourth-order valence-corrected chi connectivity index (χ4v) is 1.80. The average molecular weight is 137 g/mol. The minimum Gasteiger partial charge on any atom is -0.350 e. The second-order valence-corrected chi connectivity index (χ2v) is 3.49. The quantitative estimate of drug-likeness (QED) is 0.492. The van der Waals surface area contributed by atoms with E-state index in [9.17, 15) is 4.79 Å². The van der Waals surface area contributed by atoms with E-state index >= 15 is 0 Å². The Morgan fingerprint density at radius 3 is 3.20 bits per heavy atom. The monoisotopic (exact) mass is 137 g/mol. The second-order valence-electron chi connectivity index (χ2n) is 3.49. The zero-order chi connectivity index (χ0) is 7.19. The van der Waals surface area contributed by atoms with Gasteiger partial charge < -0.3 is 5.32 Å². The Bertz CT molecular complexity index is 209. The summed E-state index contributed by atoms with van der Waals surface area (Å²) in [6.07, 6.45) is 6.10. The first kappa shape index (κ1) is 5.96. The van der Waals surface area contributed by atoms with Crippen molar-refractivity contribution in [2.75, 3.05) is 0 Å². The molecule has 0 aromatic carbocycles. The maximum atomic E-state index is 11.1. The Labute approximate surface area is 60.3 Å². The minimum absolute atomic E-state index is 0.0799. The zero-order valence-electron chi connectivity index (χ0n) is 6.05. The van der Waals surface area contributed by atoms with Crippen molar-refractivity contribution in [1.82, 2.24) is 5.32 Å². The molecule has 0 radical (unpaired) electrons. The third-order valence-electron chi connectivity index (χ3n) is 2.37. The maximum absolute atomic E-state index is 11.1. The fourth-order valence-electron chi connectivity index (χ4n) is 1.80. The normalized spacial score (nSPS) is 43.7. The molecule has 0 saturated carbocycles. The molecule has 0 aromatic heterocycles. The van der Waals surface area contributed by atoms with Gasteiger partial charge in [0.1, 0.15) is 0 Å². The number of fused-ring (bicyclic) bond motifs is 2. The molecule has 0 aromatic rings. The second kappa shape index (κ2) is 1.62. The lowest BCUT2D eigenvalue weighted by atomic mass is 9.87. The zero-order valence-corrected chi connectivity index (χ0v) is 6.05. The van der Waals surface area contributed by atoms with Crippen LogP contribution in [-0.2, 0) is 4.79 Å². The Morgan fingerprint density at radius 1 is 1.80 bits per heavy atom. The number of hydrogen-bond acceptors (Lipinski definition) is 1. The first-order valence-electron chi connectivity index (χ1n) is 3.68. The molecule has 1 saturated heterocycles. The van der Waals surface area contributed by atoms with E-state index in [0.717, 1.165) is 12.8 Å². The standard InChI is InChI=1S/C8H11NO/c1-8-4-2-3-6(5-8)7(10)9-8/h2-3,6H,4-5H2,1H3,(H,9,10)/t6-,8+/m0/s1. The number of hydrogen-bond donors (Lipinski definition) is 1. The summed E-state index contributed by atoms with van der Waals surface area (Å²) in [5, 5.41) is 2.99. The van der Waals surface area contributed by atoms with Gasteiger partial charge in [0, 0.05) is 5.54 Å². The van der Waals surface area contributed by atoms with E-state index in [1.165, 1.54) is 0 Å². The van der Waals surface area contributed by atoms with Gasteiger partial charge in [0.15, 0.2) is 0 Å². The number of rotatable bonds is 0. The molecule has 2 rings (SSSR count). The summed E-state index contributed by atoms with van der Waals surface area (Å²) in [5.41, 5.74) is 0.0799. The summed E-state index contributed by atoms with van der Waals surface area (Å²) in [6, 6.07) is 0. The summed E-state index contributed by atoms with van der Waals surface area (Å²) in [6.45, 7) is 2.11. The van der Waals surface area contributed by atoms with Gasteiger partial charge in [0.25, 0.3) is 0 Å². The Balaban J connectivity index is 2.34. The van der Waals surface area contributed by atoms with Crippen molar-refractivity contribution in [3.8, 4) is 0 Å². The number of carbonyl (C=O) groups excluding carboxylic acids is 1. The lowest BCUT2D eigenvalue weighted by Crippen LogP contribution is -2.37. The lowest BCUT2D eigenvalue weighted by molar-refractivity contribution is -0.121. The highest BCUT2D eigenvalue weighted by atomic mass is 16.2. The van der Waals surface area contributed by atoms with Crippen LogP contribution in [0.1, 0.15) is 19.8 Å². The van der Waals surface area contributed by atoms with Crippen molar-refractivity contribution < 1.29 is 4.79 Å². The summed E-state index contributed by atoms with van der Waals surface area (Å²) in [4.78, 5) is 11.1. The molecule has 1 aliphatic carbocycles. The maximum Gasteiger partial charge on any atom is 0.227 e. The highest BCUT2D eigenvalue weighted by Gasteiger charge is 2.40. The molecule has 1 aliphatic heterocycles. The summed E-state index contributed by atoms with van der Waals surface area (Å²) >= 11 is 0. The van der Waals surface area contributed by atoms with Crippen LogP contribution in [0.25, 0.3) is 0 Å². The van der Waals surface area contributed by atoms with Crippen molar-refractivity contribution in [2.45, 2.75) is 25.3 Å². The summed E-state index contributed by atoms with van der Waals surface area (Å²) in [5.74, 6) is 0.370. The van der Waals surface area contributed by atoms with Crippen LogP contribution in [0.5, 0.6) is 0 Å². The smallest absolute Gasteiger partial charge is 0.227 e. The third kappa shape index (κ3) is 0.681. The SMILES string of the molecule is C[C@@]12CC=C[C@@H](C1)C(=O)N2. The Hall–Kier alpha value is -0.790. The van der Waals surface area contributed by atoms with Crippen LogP contribution < -0.4 is 5.32 Å². The molecular weight excluding hydrogens is 126 g/mol. The van der Waals surface area contributed by atoms with Gasteiger partial charge in [0.2, 0.25) is 5.91 Å². The highest BCUT2D eigenvalue weighted by molar-refractivity contribution is 5.84. The van der Waals surface area contributed by atoms with Gasteiger partial charge in [-0.3, -0.25) is 4.79 Å². The van der Waals surface area contributed by atoms with E-state index in [4.69, 9.17) is 0 Å². The summed E-state index contributed by atoms with van der Waals surface area (Å²) in [7, 11) is 0. The fraction of sp³-hybridized carbons (Fsp3) is 0.625. The first-order valence-corrected chi connectivity index (χ1v) is 3.68. The number of amides is 1. The molecular formula is C8H11NO. The van der Waals surface area contributed by atoms with E-state index in [-0.39, 0.29) is 17.4 Å². The lowest BCUT2D eigenvalue weighted by Gasteiger charge is -2.23. The molecule has 0 unspecified atom stereocenters. The topological polar surface area (TPSA) is 29.1 Å². The molecule has 2 aliphatic rings. The molecule has 54 valence electrons. The van der Waals surface area contributed by atoms with Crippen molar-refractivity contribution in [3.05, 3.63) is 12.2 Å². The van der Waals surface area contributed by atoms with Crippen LogP contribution in [0.4, 0.5) is 0 Å². The molecule has 2 atom stereocenters. The van der Waals surface area contributed by atoms with E-state index in [2.05, 4.69) is 18.3 Å². The molecule has 1 amide bonds. The predicted molar refractivity (Wildman–Crippen MR) is 38.4 cm³/mol. The Morgan fingerprint density at radius 2 is 2.60 bits per heavy atom. The van der Waals surface area contributed by atoms with Gasteiger partial charge in [-0.25, -0.2) is 0 Å². The predicted octanol–water partition coefficient (Wildman–Crippen LogP) is 0.841. The number of nitrogens with one attached hydrogen (secondary N) is 1. The van der Waals surface area contributed by atoms with Gasteiger partial charge in [-0.05, 0) is 19.8 Å². The van der Waals surface area contributed by atoms with Gasteiger partial charge in [-0.2, -0.15) is 0 Å². The Kier molecular flexibility index (Phi) is 0.967. The molecule has 10 heavy (non-hydrogen) atoms. The molecule has 2 bridgehead atoms. The molecule has 0 spiro atoms. The van der Waals surface area contributed by atoms with Crippen molar-refractivity contribution in [1.29, 1.82) is 0 Å². The van der Waals surface area contributed by atoms with E-state index in [0.29, 0.717) is 0 Å². The average Bonchev–Trinajstić information content (AvgIpc) is 2.03. The minimum atomic E-state index is 0.0799. The van der Waals surface area contributed by atoms with Gasteiger partial charge in [0.05, 0.1) is 5.92 Å². The first-order chi connectivity index (χ1) is 4.70. The molecule has 2 nitrogen and oxygen atoms in total. The molecule has 1 N–H and O–H groups in total. The van der Waals surface area contributed by atoms with Gasteiger partial charge in [-0.1, -0.05) is 12.2 Å². The van der Waals surface area contributed by atoms with Crippen LogP contribution in [0.15, 0.2) is 12.2 Å². The van der Waals surface area contributed by atoms with Crippen LogP contribution in [-0.4, -0.2) is 11.4 Å². The molecule has 1 heterocycles. The highest BCUT2D eigenvalue weighted by Crippen LogP contribution is 2.32. The number of carbonyl (C=O) groups is 1.